The van der Waals surface area contributed by atoms with Crippen molar-refractivity contribution in [2.45, 2.75) is 32.9 Å². The highest BCUT2D eigenvalue weighted by Crippen LogP contribution is 2.36. The highest BCUT2D eigenvalue weighted by molar-refractivity contribution is 5.79. The zero-order chi connectivity index (χ0) is 15.2. The van der Waals surface area contributed by atoms with Gasteiger partial charge in [0.25, 0.3) is 0 Å². The summed E-state index contributed by atoms with van der Waals surface area (Å²) in [5.74, 6) is -0.766. The van der Waals surface area contributed by atoms with Crippen molar-refractivity contribution < 1.29 is 18.3 Å². The molecule has 1 N–H and O–H groups in total. The van der Waals surface area contributed by atoms with Gasteiger partial charge in [-0.25, -0.2) is 0 Å². The lowest BCUT2D eigenvalue weighted by Gasteiger charge is -2.22. The van der Waals surface area contributed by atoms with Crippen LogP contribution >= 0.6 is 0 Å². The van der Waals surface area contributed by atoms with Gasteiger partial charge in [0.2, 0.25) is 5.88 Å². The Hall–Kier alpha value is -1.79. The molecule has 0 saturated carbocycles. The molecule has 0 fully saturated rings. The van der Waals surface area contributed by atoms with E-state index >= 15 is 0 Å². The van der Waals surface area contributed by atoms with E-state index in [0.29, 0.717) is 19.5 Å². The van der Waals surface area contributed by atoms with Crippen molar-refractivity contribution in [3.05, 3.63) is 17.7 Å². The number of halogens is 3. The first-order valence-corrected chi connectivity index (χ1v) is 6.44. The van der Waals surface area contributed by atoms with Gasteiger partial charge in [-0.3, -0.25) is 4.99 Å². The summed E-state index contributed by atoms with van der Waals surface area (Å²) in [5, 5.41) is 9.34. The van der Waals surface area contributed by atoms with Crippen LogP contribution in [0.15, 0.2) is 17.1 Å². The van der Waals surface area contributed by atoms with Gasteiger partial charge in [0.1, 0.15) is 5.82 Å². The highest BCUT2D eigenvalue weighted by atomic mass is 19.4. The zero-order valence-corrected chi connectivity index (χ0v) is 11.5. The first-order valence-electron chi connectivity index (χ1n) is 6.44. The first-order chi connectivity index (χ1) is 9.40. The second kappa shape index (κ2) is 7.12. The lowest BCUT2D eigenvalue weighted by atomic mass is 10.2. The molecular formula is C13H18F3N3O. The van der Waals surface area contributed by atoms with Gasteiger partial charge in [0.05, 0.1) is 11.9 Å². The van der Waals surface area contributed by atoms with Crippen LogP contribution in [0.2, 0.25) is 0 Å². The van der Waals surface area contributed by atoms with Crippen molar-refractivity contribution >= 4 is 12.2 Å². The Bertz CT molecular complexity index is 461. The molecular weight excluding hydrogens is 271 g/mol. The van der Waals surface area contributed by atoms with Gasteiger partial charge < -0.3 is 10.0 Å². The molecule has 4 nitrogen and oxygen atoms in total. The fraction of sp³-hybridized carbons (Fsp3) is 0.538. The predicted molar refractivity (Wildman–Crippen MR) is 72.2 cm³/mol. The minimum atomic E-state index is -4.53. The van der Waals surface area contributed by atoms with Crippen LogP contribution in [0, 0.1) is 0 Å². The fourth-order valence-electron chi connectivity index (χ4n) is 1.62. The molecule has 0 aliphatic rings. The van der Waals surface area contributed by atoms with Gasteiger partial charge in [-0.05, 0) is 18.9 Å². The van der Waals surface area contributed by atoms with E-state index in [9.17, 15) is 18.3 Å². The summed E-state index contributed by atoms with van der Waals surface area (Å²) in [5.41, 5.74) is -0.883. The first kappa shape index (κ1) is 16.3. The van der Waals surface area contributed by atoms with E-state index in [4.69, 9.17) is 0 Å². The third-order valence-corrected chi connectivity index (χ3v) is 2.48. The molecule has 0 spiro atoms. The number of alkyl halides is 3. The Morgan fingerprint density at radius 2 is 2.00 bits per heavy atom. The van der Waals surface area contributed by atoms with Crippen LogP contribution in [-0.4, -0.2) is 29.5 Å². The quantitative estimate of drug-likeness (QED) is 0.644. The summed E-state index contributed by atoms with van der Waals surface area (Å²) in [6.45, 7) is 4.64. The summed E-state index contributed by atoms with van der Waals surface area (Å²) >= 11 is 0. The third kappa shape index (κ3) is 4.40. The minimum Gasteiger partial charge on any atom is -0.493 e. The second-order valence-corrected chi connectivity index (χ2v) is 4.25. The fourth-order valence-corrected chi connectivity index (χ4v) is 1.62. The molecule has 20 heavy (non-hydrogen) atoms. The van der Waals surface area contributed by atoms with Crippen molar-refractivity contribution in [1.29, 1.82) is 0 Å². The SMILES string of the molecule is CCCN=CN(CCC)c1nc(O)ccc1C(F)(F)F. The monoisotopic (exact) mass is 289 g/mol. The Balaban J connectivity index is 3.20. The van der Waals surface area contributed by atoms with E-state index in [-0.39, 0.29) is 5.82 Å². The molecule has 1 heterocycles. The lowest BCUT2D eigenvalue weighted by Crippen LogP contribution is -2.26. The standard InChI is InChI=1S/C13H18F3N3O/c1-3-7-17-9-19(8-4-2)12-10(13(14,15)16)5-6-11(20)18-12/h5-6,9H,3-4,7-8H2,1-2H3,(H,18,20). The van der Waals surface area contributed by atoms with E-state index < -0.39 is 17.6 Å². The van der Waals surface area contributed by atoms with Crippen molar-refractivity contribution in [1.82, 2.24) is 4.98 Å². The number of rotatable bonds is 6. The molecule has 0 unspecified atom stereocenters. The number of aromatic nitrogens is 1. The van der Waals surface area contributed by atoms with E-state index in [2.05, 4.69) is 9.98 Å². The molecule has 1 aromatic rings. The smallest absolute Gasteiger partial charge is 0.419 e. The number of aromatic hydroxyl groups is 1. The average molecular weight is 289 g/mol. The molecule has 7 heteroatoms. The van der Waals surface area contributed by atoms with Gasteiger partial charge in [-0.15, -0.1) is 0 Å². The maximum atomic E-state index is 13.0. The second-order valence-electron chi connectivity index (χ2n) is 4.25. The van der Waals surface area contributed by atoms with Crippen molar-refractivity contribution in [2.24, 2.45) is 4.99 Å². The molecule has 1 aromatic heterocycles. The maximum absolute atomic E-state index is 13.0. The van der Waals surface area contributed by atoms with E-state index in [0.717, 1.165) is 18.6 Å². The number of hydrogen-bond donors (Lipinski definition) is 1. The largest absolute Gasteiger partial charge is 0.493 e. The summed E-state index contributed by atoms with van der Waals surface area (Å²) in [4.78, 5) is 8.98. The predicted octanol–water partition coefficient (Wildman–Crippen LogP) is 3.46. The summed E-state index contributed by atoms with van der Waals surface area (Å²) in [6, 6.07) is 1.76. The van der Waals surface area contributed by atoms with Gasteiger partial charge >= 0.3 is 6.18 Å². The van der Waals surface area contributed by atoms with Crippen molar-refractivity contribution in [3.63, 3.8) is 0 Å². The Labute approximate surface area is 116 Å². The zero-order valence-electron chi connectivity index (χ0n) is 11.5. The summed E-state index contributed by atoms with van der Waals surface area (Å²) < 4.78 is 38.9. The summed E-state index contributed by atoms with van der Waals surface area (Å²) in [6.07, 6.45) is -1.74. The van der Waals surface area contributed by atoms with Gasteiger partial charge in [-0.2, -0.15) is 18.2 Å². The van der Waals surface area contributed by atoms with Gasteiger partial charge in [0.15, 0.2) is 0 Å². The lowest BCUT2D eigenvalue weighted by molar-refractivity contribution is -0.137. The van der Waals surface area contributed by atoms with Crippen molar-refractivity contribution in [3.8, 4) is 5.88 Å². The molecule has 0 atom stereocenters. The number of hydrogen-bond acceptors (Lipinski definition) is 3. The Morgan fingerprint density at radius 3 is 2.55 bits per heavy atom. The molecule has 0 aliphatic carbocycles. The molecule has 112 valence electrons. The Morgan fingerprint density at radius 1 is 1.30 bits per heavy atom. The topological polar surface area (TPSA) is 48.7 Å². The van der Waals surface area contributed by atoms with Crippen LogP contribution in [0.5, 0.6) is 5.88 Å². The van der Waals surface area contributed by atoms with Gasteiger partial charge in [0, 0.05) is 19.2 Å². The number of aliphatic imine (C=N–C) groups is 1. The average Bonchev–Trinajstić information content (AvgIpc) is 2.36. The Kier molecular flexibility index (Phi) is 5.79. The summed E-state index contributed by atoms with van der Waals surface area (Å²) in [7, 11) is 0. The minimum absolute atomic E-state index is 0.320. The number of anilines is 1. The van der Waals surface area contributed by atoms with Crippen molar-refractivity contribution in [2.75, 3.05) is 18.0 Å². The number of nitrogens with zero attached hydrogens (tertiary/aromatic N) is 3. The van der Waals surface area contributed by atoms with Crippen LogP contribution in [0.25, 0.3) is 0 Å². The van der Waals surface area contributed by atoms with Crippen LogP contribution in [0.1, 0.15) is 32.3 Å². The molecule has 0 radical (unpaired) electrons. The maximum Gasteiger partial charge on any atom is 0.419 e. The van der Waals surface area contributed by atoms with Crippen LogP contribution in [-0.2, 0) is 6.18 Å². The van der Waals surface area contributed by atoms with Gasteiger partial charge in [-0.1, -0.05) is 13.8 Å². The highest BCUT2D eigenvalue weighted by Gasteiger charge is 2.35. The number of pyridine rings is 1. The molecule has 0 aliphatic heterocycles. The molecule has 0 saturated heterocycles. The van der Waals surface area contributed by atoms with Crippen LogP contribution < -0.4 is 4.90 Å². The normalized spacial score (nSPS) is 12.1. The van der Waals surface area contributed by atoms with Crippen LogP contribution in [0.3, 0.4) is 0 Å². The van der Waals surface area contributed by atoms with E-state index in [1.807, 2.05) is 13.8 Å². The molecule has 0 aromatic carbocycles. The molecule has 0 bridgehead atoms. The van der Waals surface area contributed by atoms with E-state index in [1.165, 1.54) is 11.2 Å². The van der Waals surface area contributed by atoms with E-state index in [1.54, 1.807) is 0 Å². The van der Waals surface area contributed by atoms with Crippen LogP contribution in [0.4, 0.5) is 19.0 Å². The molecule has 0 amide bonds. The third-order valence-electron chi connectivity index (χ3n) is 2.48. The molecule has 1 rings (SSSR count).